The van der Waals surface area contributed by atoms with Crippen molar-refractivity contribution < 1.29 is 9.47 Å². The quantitative estimate of drug-likeness (QED) is 0.691. The molecule has 1 aromatic heterocycles. The van der Waals surface area contributed by atoms with E-state index in [0.29, 0.717) is 19.8 Å². The molecule has 6 heteroatoms. The summed E-state index contributed by atoms with van der Waals surface area (Å²) in [5, 5.41) is 0. The van der Waals surface area contributed by atoms with Crippen LogP contribution >= 0.6 is 0 Å². The van der Waals surface area contributed by atoms with Crippen molar-refractivity contribution in [2.24, 2.45) is 5.73 Å². The molecule has 0 fully saturated rings. The van der Waals surface area contributed by atoms with Crippen molar-refractivity contribution in [2.75, 3.05) is 40.5 Å². The number of methoxy groups -OCH3 is 2. The maximum atomic E-state index is 6.03. The zero-order valence-electron chi connectivity index (χ0n) is 13.1. The molecule has 0 radical (unpaired) electrons. The number of rotatable bonds is 10. The van der Waals surface area contributed by atoms with Crippen LogP contribution in [0.2, 0.25) is 0 Å². The van der Waals surface area contributed by atoms with Gasteiger partial charge in [0.2, 0.25) is 0 Å². The number of nitrogens with zero attached hydrogens (tertiary/aromatic N) is 3. The molecule has 0 aromatic carbocycles. The third-order valence-electron chi connectivity index (χ3n) is 3.58. The molecular formula is C14H28N4O2. The Bertz CT molecular complexity index is 370. The molecule has 1 heterocycles. The van der Waals surface area contributed by atoms with Gasteiger partial charge in [-0.15, -0.1) is 0 Å². The van der Waals surface area contributed by atoms with E-state index in [0.717, 1.165) is 18.8 Å². The van der Waals surface area contributed by atoms with Crippen LogP contribution < -0.4 is 5.73 Å². The first-order valence-electron chi connectivity index (χ1n) is 7.13. The summed E-state index contributed by atoms with van der Waals surface area (Å²) in [6.07, 6.45) is 3.76. The van der Waals surface area contributed by atoms with Crippen LogP contribution in [-0.4, -0.2) is 61.0 Å². The van der Waals surface area contributed by atoms with E-state index in [1.54, 1.807) is 14.2 Å². The van der Waals surface area contributed by atoms with Gasteiger partial charge in [-0.3, -0.25) is 4.90 Å². The van der Waals surface area contributed by atoms with Crippen molar-refractivity contribution >= 4 is 0 Å². The van der Waals surface area contributed by atoms with Gasteiger partial charge < -0.3 is 19.8 Å². The summed E-state index contributed by atoms with van der Waals surface area (Å²) < 4.78 is 12.6. The molecule has 1 rings (SSSR count). The van der Waals surface area contributed by atoms with E-state index in [9.17, 15) is 0 Å². The van der Waals surface area contributed by atoms with Crippen molar-refractivity contribution in [1.29, 1.82) is 0 Å². The third kappa shape index (κ3) is 4.28. The van der Waals surface area contributed by atoms with E-state index < -0.39 is 0 Å². The molecule has 2 N–H and O–H groups in total. The maximum Gasteiger partial charge on any atom is 0.0948 e. The molecule has 116 valence electrons. The van der Waals surface area contributed by atoms with Crippen LogP contribution in [0.5, 0.6) is 0 Å². The molecule has 1 aromatic rings. The highest BCUT2D eigenvalue weighted by Crippen LogP contribution is 2.22. The van der Waals surface area contributed by atoms with E-state index in [1.165, 1.54) is 0 Å². The van der Waals surface area contributed by atoms with E-state index in [2.05, 4.69) is 28.3 Å². The molecule has 0 saturated heterocycles. The van der Waals surface area contributed by atoms with Gasteiger partial charge in [-0.25, -0.2) is 4.98 Å². The molecule has 0 aliphatic rings. The monoisotopic (exact) mass is 284 g/mol. The Labute approximate surface area is 121 Å². The molecule has 0 saturated carbocycles. The van der Waals surface area contributed by atoms with Gasteiger partial charge in [-0.2, -0.15) is 0 Å². The maximum absolute atomic E-state index is 6.03. The standard InChI is InChI=1S/C14H28N4O2/c1-5-17-11-16-9-14(17)13(8-15)18(6-7-19-3)12(2)10-20-4/h9,11-13H,5-8,10,15H2,1-4H3. The Hall–Kier alpha value is -0.950. The predicted molar refractivity (Wildman–Crippen MR) is 79.6 cm³/mol. The Morgan fingerprint density at radius 1 is 1.40 bits per heavy atom. The lowest BCUT2D eigenvalue weighted by Crippen LogP contribution is -2.44. The first-order chi connectivity index (χ1) is 9.69. The number of nitrogens with two attached hydrogens (primary N) is 1. The molecule has 6 nitrogen and oxygen atoms in total. The smallest absolute Gasteiger partial charge is 0.0948 e. The Kier molecular flexibility index (Phi) is 7.76. The van der Waals surface area contributed by atoms with E-state index in [4.69, 9.17) is 15.2 Å². The van der Waals surface area contributed by atoms with Crippen molar-refractivity contribution in [3.05, 3.63) is 18.2 Å². The second kappa shape index (κ2) is 9.07. The lowest BCUT2D eigenvalue weighted by molar-refractivity contribution is 0.0465. The lowest BCUT2D eigenvalue weighted by Gasteiger charge is -2.35. The first kappa shape index (κ1) is 17.1. The Balaban J connectivity index is 2.94. The summed E-state index contributed by atoms with van der Waals surface area (Å²) in [6, 6.07) is 0.390. The Morgan fingerprint density at radius 3 is 2.70 bits per heavy atom. The van der Waals surface area contributed by atoms with E-state index in [-0.39, 0.29) is 12.1 Å². The highest BCUT2D eigenvalue weighted by Gasteiger charge is 2.26. The number of hydrogen-bond acceptors (Lipinski definition) is 5. The normalized spacial score (nSPS) is 14.7. The number of aromatic nitrogens is 2. The Morgan fingerprint density at radius 2 is 2.15 bits per heavy atom. The number of ether oxygens (including phenoxy) is 2. The minimum Gasteiger partial charge on any atom is -0.383 e. The fourth-order valence-corrected chi connectivity index (χ4v) is 2.52. The van der Waals surface area contributed by atoms with Gasteiger partial charge in [0.15, 0.2) is 0 Å². The lowest BCUT2D eigenvalue weighted by atomic mass is 10.1. The van der Waals surface area contributed by atoms with Gasteiger partial charge >= 0.3 is 0 Å². The van der Waals surface area contributed by atoms with Crippen LogP contribution in [0.4, 0.5) is 0 Å². The molecule has 20 heavy (non-hydrogen) atoms. The molecular weight excluding hydrogens is 256 g/mol. The molecule has 2 atom stereocenters. The average Bonchev–Trinajstić information content (AvgIpc) is 2.91. The topological polar surface area (TPSA) is 65.5 Å². The summed E-state index contributed by atoms with van der Waals surface area (Å²) in [6.45, 7) is 7.85. The fraction of sp³-hybridized carbons (Fsp3) is 0.786. The van der Waals surface area contributed by atoms with Crippen LogP contribution in [0.15, 0.2) is 12.5 Å². The minimum absolute atomic E-state index is 0.123. The van der Waals surface area contributed by atoms with Gasteiger partial charge in [0, 0.05) is 46.1 Å². The number of imidazole rings is 1. The van der Waals surface area contributed by atoms with E-state index >= 15 is 0 Å². The molecule has 2 unspecified atom stereocenters. The zero-order chi connectivity index (χ0) is 15.0. The van der Waals surface area contributed by atoms with Crippen LogP contribution in [0.1, 0.15) is 25.6 Å². The fourth-order valence-electron chi connectivity index (χ4n) is 2.52. The van der Waals surface area contributed by atoms with Crippen molar-refractivity contribution in [1.82, 2.24) is 14.5 Å². The van der Waals surface area contributed by atoms with Crippen molar-refractivity contribution in [3.8, 4) is 0 Å². The molecule has 0 aliphatic heterocycles. The minimum atomic E-state index is 0.123. The highest BCUT2D eigenvalue weighted by molar-refractivity contribution is 5.07. The SMILES string of the molecule is CCn1cncc1C(CN)N(CCOC)C(C)COC. The van der Waals surface area contributed by atoms with Crippen LogP contribution in [0, 0.1) is 0 Å². The van der Waals surface area contributed by atoms with Crippen LogP contribution in [0.25, 0.3) is 0 Å². The van der Waals surface area contributed by atoms with E-state index in [1.807, 2.05) is 12.5 Å². The zero-order valence-corrected chi connectivity index (χ0v) is 13.1. The third-order valence-corrected chi connectivity index (χ3v) is 3.58. The molecule has 0 bridgehead atoms. The van der Waals surface area contributed by atoms with Crippen molar-refractivity contribution in [3.63, 3.8) is 0 Å². The van der Waals surface area contributed by atoms with Crippen LogP contribution in [-0.2, 0) is 16.0 Å². The predicted octanol–water partition coefficient (Wildman–Crippen LogP) is 0.886. The summed E-state index contributed by atoms with van der Waals surface area (Å²) >= 11 is 0. The summed E-state index contributed by atoms with van der Waals surface area (Å²) in [7, 11) is 3.44. The van der Waals surface area contributed by atoms with Gasteiger partial charge in [0.1, 0.15) is 0 Å². The highest BCUT2D eigenvalue weighted by atomic mass is 16.5. The summed E-state index contributed by atoms with van der Waals surface area (Å²) in [5.41, 5.74) is 7.18. The van der Waals surface area contributed by atoms with Crippen molar-refractivity contribution in [2.45, 2.75) is 32.5 Å². The second-order valence-electron chi connectivity index (χ2n) is 4.89. The molecule has 0 spiro atoms. The first-order valence-corrected chi connectivity index (χ1v) is 7.13. The summed E-state index contributed by atoms with van der Waals surface area (Å²) in [4.78, 5) is 6.58. The van der Waals surface area contributed by atoms with Gasteiger partial charge in [0.05, 0.1) is 31.3 Å². The molecule has 0 aliphatic carbocycles. The van der Waals surface area contributed by atoms with Crippen LogP contribution in [0.3, 0.4) is 0 Å². The largest absolute Gasteiger partial charge is 0.383 e. The van der Waals surface area contributed by atoms with Gasteiger partial charge in [-0.05, 0) is 13.8 Å². The van der Waals surface area contributed by atoms with Gasteiger partial charge in [0.25, 0.3) is 0 Å². The van der Waals surface area contributed by atoms with Gasteiger partial charge in [-0.1, -0.05) is 0 Å². The number of aryl methyl sites for hydroxylation is 1. The second-order valence-corrected chi connectivity index (χ2v) is 4.89. The summed E-state index contributed by atoms with van der Waals surface area (Å²) in [5.74, 6) is 0. The average molecular weight is 284 g/mol. The molecule has 0 amide bonds. The number of hydrogen-bond donors (Lipinski definition) is 1.